The van der Waals surface area contributed by atoms with E-state index in [4.69, 9.17) is 14.2 Å². The first kappa shape index (κ1) is 79.1. The summed E-state index contributed by atoms with van der Waals surface area (Å²) >= 11 is 0. The molecule has 1 atom stereocenters. The van der Waals surface area contributed by atoms with Gasteiger partial charge in [-0.05, 0) is 89.9 Å². The van der Waals surface area contributed by atoms with Crippen LogP contribution in [0.2, 0.25) is 0 Å². The summed E-state index contributed by atoms with van der Waals surface area (Å²) in [5, 5.41) is 0. The molecule has 1 unspecified atom stereocenters. The Morgan fingerprint density at radius 3 is 0.735 bits per heavy atom. The second kappa shape index (κ2) is 70.6. The quantitative estimate of drug-likeness (QED) is 0.0261. The van der Waals surface area contributed by atoms with E-state index < -0.39 is 6.10 Å². The summed E-state index contributed by atoms with van der Waals surface area (Å²) in [7, 11) is 0. The normalized spacial score (nSPS) is 12.8. The Morgan fingerprint density at radius 1 is 0.253 bits per heavy atom. The molecule has 0 rings (SSSR count). The molecule has 0 aromatic heterocycles. The van der Waals surface area contributed by atoms with E-state index in [1.54, 1.807) is 0 Å². The van der Waals surface area contributed by atoms with Gasteiger partial charge in [-0.3, -0.25) is 14.4 Å². The molecule has 0 fully saturated rings. The van der Waals surface area contributed by atoms with Crippen molar-refractivity contribution < 1.29 is 28.6 Å². The molecule has 6 nitrogen and oxygen atoms in total. The first-order valence-corrected chi connectivity index (χ1v) is 35.4. The average Bonchev–Trinajstić information content (AvgIpc) is 3.49. The molecular formula is C77H132O6. The molecule has 83 heavy (non-hydrogen) atoms. The molecule has 0 amide bonds. The van der Waals surface area contributed by atoms with Crippen LogP contribution in [0, 0.1) is 0 Å². The van der Waals surface area contributed by atoms with E-state index in [2.05, 4.69) is 130 Å². The van der Waals surface area contributed by atoms with Crippen LogP contribution in [0.5, 0.6) is 0 Å². The number of hydrogen-bond acceptors (Lipinski definition) is 6. The lowest BCUT2D eigenvalue weighted by atomic mass is 10.0. The molecule has 0 N–H and O–H groups in total. The number of esters is 3. The van der Waals surface area contributed by atoms with Gasteiger partial charge < -0.3 is 14.2 Å². The highest BCUT2D eigenvalue weighted by Crippen LogP contribution is 2.17. The summed E-state index contributed by atoms with van der Waals surface area (Å²) in [4.78, 5) is 38.4. The zero-order chi connectivity index (χ0) is 59.9. The predicted molar refractivity (Wildman–Crippen MR) is 362 cm³/mol. The summed E-state index contributed by atoms with van der Waals surface area (Å²) in [5.41, 5.74) is 0. The van der Waals surface area contributed by atoms with Gasteiger partial charge in [-0.2, -0.15) is 0 Å². The summed E-state index contributed by atoms with van der Waals surface area (Å²) in [6, 6.07) is 0. The number of allylic oxidation sites excluding steroid dienone is 18. The van der Waals surface area contributed by atoms with Gasteiger partial charge in [0.25, 0.3) is 0 Å². The first-order chi connectivity index (χ1) is 41.0. The van der Waals surface area contributed by atoms with Gasteiger partial charge in [0.2, 0.25) is 0 Å². The van der Waals surface area contributed by atoms with E-state index in [0.717, 1.165) is 122 Å². The maximum absolute atomic E-state index is 12.9. The third-order valence-electron chi connectivity index (χ3n) is 15.3. The van der Waals surface area contributed by atoms with Gasteiger partial charge in [-0.25, -0.2) is 0 Å². The van der Waals surface area contributed by atoms with Gasteiger partial charge in [-0.1, -0.05) is 342 Å². The van der Waals surface area contributed by atoms with Crippen LogP contribution in [0.1, 0.15) is 342 Å². The molecule has 6 heteroatoms. The van der Waals surface area contributed by atoms with E-state index >= 15 is 0 Å². The van der Waals surface area contributed by atoms with Crippen LogP contribution in [0.4, 0.5) is 0 Å². The first-order valence-electron chi connectivity index (χ1n) is 35.4. The molecule has 0 aromatic carbocycles. The monoisotopic (exact) mass is 1150 g/mol. The van der Waals surface area contributed by atoms with Gasteiger partial charge in [0.15, 0.2) is 6.10 Å². The van der Waals surface area contributed by atoms with Gasteiger partial charge in [0.05, 0.1) is 0 Å². The van der Waals surface area contributed by atoms with Crippen LogP contribution >= 0.6 is 0 Å². The van der Waals surface area contributed by atoms with Crippen molar-refractivity contribution in [3.8, 4) is 0 Å². The number of rotatable bonds is 64. The zero-order valence-electron chi connectivity index (χ0n) is 54.7. The Bertz CT molecular complexity index is 1660. The fourth-order valence-electron chi connectivity index (χ4n) is 10.0. The minimum absolute atomic E-state index is 0.0842. The molecule has 0 aliphatic rings. The lowest BCUT2D eigenvalue weighted by Gasteiger charge is -2.18. The fourth-order valence-corrected chi connectivity index (χ4v) is 10.0. The maximum atomic E-state index is 12.9. The summed E-state index contributed by atoms with van der Waals surface area (Å²) in [5.74, 6) is -0.901. The molecule has 0 aliphatic heterocycles. The predicted octanol–water partition coefficient (Wildman–Crippen LogP) is 24.6. The number of unbranched alkanes of at least 4 members (excludes halogenated alkanes) is 35. The smallest absolute Gasteiger partial charge is 0.306 e. The van der Waals surface area contributed by atoms with Crippen molar-refractivity contribution in [2.24, 2.45) is 0 Å². The van der Waals surface area contributed by atoms with E-state index in [1.165, 1.54) is 180 Å². The lowest BCUT2D eigenvalue weighted by molar-refractivity contribution is -0.167. The van der Waals surface area contributed by atoms with Gasteiger partial charge in [-0.15, -0.1) is 0 Å². The highest BCUT2D eigenvalue weighted by molar-refractivity contribution is 5.71. The Balaban J connectivity index is 4.38. The van der Waals surface area contributed by atoms with Crippen LogP contribution in [-0.2, 0) is 28.6 Å². The van der Waals surface area contributed by atoms with Gasteiger partial charge >= 0.3 is 17.9 Å². The number of hydrogen-bond donors (Lipinski definition) is 0. The SMILES string of the molecule is CC/C=C\C/C=C\C/C=C\C/C=C\C/C=C\C/C=C\C/C=C\C/C=C\C/C=C\CCCCCC(=O)OCC(COC(=O)CCCCCCCCCCCCCCCCCC)OC(=O)CCCCCCCCCCCCCCCCCCCC. The molecule has 0 heterocycles. The average molecular weight is 1150 g/mol. The second-order valence-corrected chi connectivity index (χ2v) is 23.4. The van der Waals surface area contributed by atoms with Crippen LogP contribution in [0.25, 0.3) is 0 Å². The molecule has 0 aliphatic carbocycles. The third-order valence-corrected chi connectivity index (χ3v) is 15.3. The van der Waals surface area contributed by atoms with Crippen LogP contribution in [0.15, 0.2) is 109 Å². The number of ether oxygens (including phenoxy) is 3. The van der Waals surface area contributed by atoms with Crippen molar-refractivity contribution in [2.45, 2.75) is 348 Å². The van der Waals surface area contributed by atoms with Gasteiger partial charge in [0.1, 0.15) is 13.2 Å². The minimum atomic E-state index is -0.791. The van der Waals surface area contributed by atoms with Crippen molar-refractivity contribution in [3.63, 3.8) is 0 Å². The Hall–Kier alpha value is -3.93. The van der Waals surface area contributed by atoms with Crippen LogP contribution in [0.3, 0.4) is 0 Å². The third kappa shape index (κ3) is 68.7. The van der Waals surface area contributed by atoms with Crippen molar-refractivity contribution in [3.05, 3.63) is 109 Å². The van der Waals surface area contributed by atoms with Crippen LogP contribution < -0.4 is 0 Å². The van der Waals surface area contributed by atoms with Crippen molar-refractivity contribution >= 4 is 17.9 Å². The zero-order valence-corrected chi connectivity index (χ0v) is 54.7. The van der Waals surface area contributed by atoms with E-state index in [0.29, 0.717) is 19.3 Å². The second-order valence-electron chi connectivity index (χ2n) is 23.4. The van der Waals surface area contributed by atoms with Crippen molar-refractivity contribution in [2.75, 3.05) is 13.2 Å². The Morgan fingerprint density at radius 2 is 0.470 bits per heavy atom. The highest BCUT2D eigenvalue weighted by Gasteiger charge is 2.19. The Labute approximate surface area is 514 Å². The van der Waals surface area contributed by atoms with Gasteiger partial charge in [0, 0.05) is 19.3 Å². The molecule has 0 radical (unpaired) electrons. The molecular weight excluding hydrogens is 1020 g/mol. The van der Waals surface area contributed by atoms with E-state index in [9.17, 15) is 14.4 Å². The summed E-state index contributed by atoms with van der Waals surface area (Å²) in [6.07, 6.45) is 96.8. The van der Waals surface area contributed by atoms with E-state index in [1.807, 2.05) is 0 Å². The van der Waals surface area contributed by atoms with Crippen LogP contribution in [-0.4, -0.2) is 37.2 Å². The topological polar surface area (TPSA) is 78.9 Å². The molecule has 0 aromatic rings. The Kier molecular flexibility index (Phi) is 67.2. The number of carbonyl (C=O) groups excluding carboxylic acids is 3. The lowest BCUT2D eigenvalue weighted by Crippen LogP contribution is -2.30. The maximum Gasteiger partial charge on any atom is 0.306 e. The van der Waals surface area contributed by atoms with Crippen molar-refractivity contribution in [1.82, 2.24) is 0 Å². The minimum Gasteiger partial charge on any atom is -0.462 e. The molecule has 0 spiro atoms. The fraction of sp³-hybridized carbons (Fsp3) is 0.727. The summed E-state index contributed by atoms with van der Waals surface area (Å²) in [6.45, 7) is 6.55. The molecule has 0 saturated carbocycles. The number of carbonyl (C=O) groups is 3. The molecule has 0 bridgehead atoms. The molecule has 0 saturated heterocycles. The summed E-state index contributed by atoms with van der Waals surface area (Å²) < 4.78 is 17.0. The van der Waals surface area contributed by atoms with E-state index in [-0.39, 0.29) is 31.1 Å². The molecule has 476 valence electrons. The highest BCUT2D eigenvalue weighted by atomic mass is 16.6. The largest absolute Gasteiger partial charge is 0.462 e. The van der Waals surface area contributed by atoms with Crippen molar-refractivity contribution in [1.29, 1.82) is 0 Å². The standard InChI is InChI=1S/C77H132O6/c1-4-7-10-13-16-19-22-25-28-31-33-34-35-36-37-38-39-40-41-42-43-44-45-47-49-52-55-58-61-64-67-70-76(79)82-73-74(72-81-75(78)69-66-63-60-57-54-51-48-30-27-24-21-18-15-12-9-6-3)83-77(80)71-68-65-62-59-56-53-50-46-32-29-26-23-20-17-14-11-8-5-2/h7,10,16,19,25,28,33-34,36-37,39-40,42-43,45,47,52,55,74H,4-6,8-9,11-15,17-18,20-24,26-27,29-32,35,38,41,44,46,48-51,53-54,56-73H2,1-3H3/b10-7-,19-16-,28-25-,34-33-,37-36-,40-39-,43-42-,47-45-,55-52-.